The number of fused-ring (bicyclic) bond motifs is 1. The molecule has 2 heterocycles. The lowest BCUT2D eigenvalue weighted by Crippen LogP contribution is -2.16. The van der Waals surface area contributed by atoms with Crippen LogP contribution in [0.1, 0.15) is 27.3 Å². The normalized spacial score (nSPS) is 11.7. The van der Waals surface area contributed by atoms with Crippen molar-refractivity contribution in [2.45, 2.75) is 20.0 Å². The second-order valence-corrected chi connectivity index (χ2v) is 5.33. The fraction of sp³-hybridized carbons (Fsp3) is 0.188. The minimum Gasteiger partial charge on any atom is -0.321 e. The molecule has 0 radical (unpaired) electrons. The average Bonchev–Trinajstić information content (AvgIpc) is 2.90. The van der Waals surface area contributed by atoms with E-state index in [1.165, 1.54) is 28.9 Å². The molecule has 0 spiro atoms. The Morgan fingerprint density at radius 2 is 1.92 bits per heavy atom. The van der Waals surface area contributed by atoms with Gasteiger partial charge in [0.25, 0.3) is 5.91 Å². The third kappa shape index (κ3) is 2.82. The van der Waals surface area contributed by atoms with Crippen LogP contribution in [0.4, 0.5) is 18.9 Å². The van der Waals surface area contributed by atoms with Crippen LogP contribution in [-0.4, -0.2) is 20.5 Å². The fourth-order valence-electron chi connectivity index (χ4n) is 2.46. The minimum atomic E-state index is -4.56. The van der Waals surface area contributed by atoms with Gasteiger partial charge in [-0.05, 0) is 32.0 Å². The topological polar surface area (TPSA) is 59.3 Å². The van der Waals surface area contributed by atoms with Gasteiger partial charge in [0.05, 0.1) is 17.4 Å². The molecule has 0 saturated carbocycles. The molecule has 5 nitrogen and oxygen atoms in total. The number of carbonyl (C=O) groups excluding carboxylic acids is 1. The minimum absolute atomic E-state index is 0.110. The summed E-state index contributed by atoms with van der Waals surface area (Å²) in [5.41, 5.74) is 0.652. The number of halogens is 3. The number of carbonyl (C=O) groups is 1. The van der Waals surface area contributed by atoms with Gasteiger partial charge in [0.2, 0.25) is 0 Å². The van der Waals surface area contributed by atoms with Crippen LogP contribution in [-0.2, 0) is 6.18 Å². The van der Waals surface area contributed by atoms with Crippen molar-refractivity contribution in [1.29, 1.82) is 0 Å². The quantitative estimate of drug-likeness (QED) is 0.779. The van der Waals surface area contributed by atoms with Crippen molar-refractivity contribution in [1.82, 2.24) is 14.6 Å². The molecule has 24 heavy (non-hydrogen) atoms. The van der Waals surface area contributed by atoms with E-state index in [-0.39, 0.29) is 11.3 Å². The monoisotopic (exact) mass is 334 g/mol. The molecular formula is C16H13F3N4O. The van der Waals surface area contributed by atoms with Crippen molar-refractivity contribution in [3.8, 4) is 0 Å². The predicted molar refractivity (Wildman–Crippen MR) is 81.9 cm³/mol. The molecule has 0 aliphatic heterocycles. The number of para-hydroxylation sites is 1. The molecule has 1 aromatic carbocycles. The number of hydrogen-bond donors (Lipinski definition) is 1. The Bertz CT molecular complexity index is 931. The van der Waals surface area contributed by atoms with E-state index in [2.05, 4.69) is 15.4 Å². The molecule has 1 amide bonds. The first-order chi connectivity index (χ1) is 11.3. The van der Waals surface area contributed by atoms with Gasteiger partial charge in [0.1, 0.15) is 5.56 Å². The number of hydrogen-bond acceptors (Lipinski definition) is 3. The van der Waals surface area contributed by atoms with Gasteiger partial charge in [0, 0.05) is 11.4 Å². The van der Waals surface area contributed by atoms with Crippen molar-refractivity contribution in [2.24, 2.45) is 0 Å². The maximum absolute atomic E-state index is 13.0. The van der Waals surface area contributed by atoms with Crippen LogP contribution in [0.25, 0.3) is 5.65 Å². The summed E-state index contributed by atoms with van der Waals surface area (Å²) < 4.78 is 40.5. The van der Waals surface area contributed by atoms with Gasteiger partial charge in [-0.2, -0.15) is 18.3 Å². The van der Waals surface area contributed by atoms with E-state index in [9.17, 15) is 18.0 Å². The van der Waals surface area contributed by atoms with E-state index < -0.39 is 17.6 Å². The molecular weight excluding hydrogens is 321 g/mol. The first kappa shape index (κ1) is 16.0. The molecule has 3 rings (SSSR count). The second kappa shape index (κ2) is 5.63. The molecule has 1 N–H and O–H groups in total. The van der Waals surface area contributed by atoms with Gasteiger partial charge in [-0.3, -0.25) is 4.79 Å². The Labute approximate surface area is 135 Å². The van der Waals surface area contributed by atoms with Gasteiger partial charge in [-0.25, -0.2) is 9.50 Å². The summed E-state index contributed by atoms with van der Waals surface area (Å²) in [6.45, 7) is 3.57. The lowest BCUT2D eigenvalue weighted by atomic mass is 10.1. The van der Waals surface area contributed by atoms with Gasteiger partial charge < -0.3 is 5.32 Å². The van der Waals surface area contributed by atoms with E-state index in [0.29, 0.717) is 11.3 Å². The number of amides is 1. The maximum Gasteiger partial charge on any atom is 0.418 e. The summed E-state index contributed by atoms with van der Waals surface area (Å²) in [5.74, 6) is -0.695. The molecule has 124 valence electrons. The Morgan fingerprint density at radius 1 is 1.21 bits per heavy atom. The molecule has 0 saturated heterocycles. The zero-order valence-corrected chi connectivity index (χ0v) is 12.8. The number of benzene rings is 1. The molecule has 0 bridgehead atoms. The highest BCUT2D eigenvalue weighted by molar-refractivity contribution is 6.08. The number of alkyl halides is 3. The summed E-state index contributed by atoms with van der Waals surface area (Å²) in [6, 6.07) is 6.60. The molecule has 0 atom stereocenters. The summed E-state index contributed by atoms with van der Waals surface area (Å²) >= 11 is 0. The molecule has 8 heteroatoms. The standard InChI is InChI=1S/C16H13F3N4O/c1-9-7-10(2)23-14(21-9)11(8-20-23)15(24)22-13-6-4-3-5-12(13)16(17,18)19/h3-8H,1-2H3,(H,22,24). The van der Waals surface area contributed by atoms with E-state index in [4.69, 9.17) is 0 Å². The zero-order chi connectivity index (χ0) is 17.5. The largest absolute Gasteiger partial charge is 0.418 e. The van der Waals surface area contributed by atoms with E-state index in [0.717, 1.165) is 11.8 Å². The Morgan fingerprint density at radius 3 is 2.62 bits per heavy atom. The Hall–Kier alpha value is -2.90. The number of nitrogens with zero attached hydrogens (tertiary/aromatic N) is 3. The molecule has 0 fully saturated rings. The van der Waals surface area contributed by atoms with Gasteiger partial charge in [0.15, 0.2) is 5.65 Å². The number of rotatable bonds is 2. The van der Waals surface area contributed by atoms with Crippen molar-refractivity contribution in [3.63, 3.8) is 0 Å². The third-order valence-corrected chi connectivity index (χ3v) is 3.50. The molecule has 0 aliphatic carbocycles. The number of aryl methyl sites for hydroxylation is 2. The lowest BCUT2D eigenvalue weighted by Gasteiger charge is -2.13. The van der Waals surface area contributed by atoms with Crippen molar-refractivity contribution >= 4 is 17.2 Å². The summed E-state index contributed by atoms with van der Waals surface area (Å²) in [7, 11) is 0. The second-order valence-electron chi connectivity index (χ2n) is 5.33. The summed E-state index contributed by atoms with van der Waals surface area (Å²) in [5, 5.41) is 6.36. The number of anilines is 1. The van der Waals surface area contributed by atoms with Crippen molar-refractivity contribution in [2.75, 3.05) is 5.32 Å². The molecule has 2 aromatic heterocycles. The zero-order valence-electron chi connectivity index (χ0n) is 12.8. The highest BCUT2D eigenvalue weighted by Gasteiger charge is 2.33. The van der Waals surface area contributed by atoms with Gasteiger partial charge in [-0.1, -0.05) is 12.1 Å². The average molecular weight is 334 g/mol. The van der Waals surface area contributed by atoms with E-state index in [1.807, 2.05) is 0 Å². The molecule has 3 aromatic rings. The van der Waals surface area contributed by atoms with Gasteiger partial charge >= 0.3 is 6.18 Å². The summed E-state index contributed by atoms with van der Waals surface area (Å²) in [6.07, 6.45) is -3.27. The maximum atomic E-state index is 13.0. The first-order valence-corrected chi connectivity index (χ1v) is 7.07. The first-order valence-electron chi connectivity index (χ1n) is 7.07. The van der Waals surface area contributed by atoms with Crippen LogP contribution in [0.3, 0.4) is 0 Å². The fourth-order valence-corrected chi connectivity index (χ4v) is 2.46. The number of nitrogens with one attached hydrogen (secondary N) is 1. The highest BCUT2D eigenvalue weighted by Crippen LogP contribution is 2.34. The number of aromatic nitrogens is 3. The van der Waals surface area contributed by atoms with Crippen LogP contribution < -0.4 is 5.32 Å². The summed E-state index contributed by atoms with van der Waals surface area (Å²) in [4.78, 5) is 16.7. The van der Waals surface area contributed by atoms with Crippen molar-refractivity contribution in [3.05, 3.63) is 59.0 Å². The Kier molecular flexibility index (Phi) is 3.75. The smallest absolute Gasteiger partial charge is 0.321 e. The predicted octanol–water partition coefficient (Wildman–Crippen LogP) is 3.62. The van der Waals surface area contributed by atoms with E-state index >= 15 is 0 Å². The van der Waals surface area contributed by atoms with Crippen LogP contribution in [0.2, 0.25) is 0 Å². The molecule has 0 aliphatic rings. The SMILES string of the molecule is Cc1cc(C)n2ncc(C(=O)Nc3ccccc3C(F)(F)F)c2n1. The van der Waals surface area contributed by atoms with E-state index in [1.54, 1.807) is 19.9 Å². The third-order valence-electron chi connectivity index (χ3n) is 3.50. The van der Waals surface area contributed by atoms with Crippen molar-refractivity contribution < 1.29 is 18.0 Å². The van der Waals surface area contributed by atoms with Crippen LogP contribution >= 0.6 is 0 Å². The lowest BCUT2D eigenvalue weighted by molar-refractivity contribution is -0.136. The van der Waals surface area contributed by atoms with Gasteiger partial charge in [-0.15, -0.1) is 0 Å². The molecule has 0 unspecified atom stereocenters. The van der Waals surface area contributed by atoms with Crippen LogP contribution in [0.5, 0.6) is 0 Å². The van der Waals surface area contributed by atoms with Crippen LogP contribution in [0.15, 0.2) is 36.5 Å². The Balaban J connectivity index is 2.01. The highest BCUT2D eigenvalue weighted by atomic mass is 19.4. The van der Waals surface area contributed by atoms with Crippen LogP contribution in [0, 0.1) is 13.8 Å².